The van der Waals surface area contributed by atoms with Gasteiger partial charge in [-0.3, -0.25) is 4.79 Å². The Morgan fingerprint density at radius 1 is 0.816 bits per heavy atom. The van der Waals surface area contributed by atoms with E-state index in [-0.39, 0.29) is 39.9 Å². The maximum Gasteiger partial charge on any atom is 0.269 e. The van der Waals surface area contributed by atoms with Crippen LogP contribution in [-0.2, 0) is 19.9 Å². The Morgan fingerprint density at radius 3 is 2.11 bits per heavy atom. The van der Waals surface area contributed by atoms with Crippen molar-refractivity contribution in [1.29, 1.82) is 0 Å². The Balaban J connectivity index is 1.54. The second-order valence-corrected chi connectivity index (χ2v) is 13.3. The number of halogens is 2. The maximum absolute atomic E-state index is 13.8. The zero-order valence-electron chi connectivity index (χ0n) is 20.5. The van der Waals surface area contributed by atoms with Gasteiger partial charge in [0.05, 0.1) is 9.79 Å². The number of sulfonamides is 1. The third-order valence-electron chi connectivity index (χ3n) is 5.77. The molecule has 3 aromatic carbocycles. The highest BCUT2D eigenvalue weighted by molar-refractivity contribution is 7.91. The number of rotatable bonds is 9. The van der Waals surface area contributed by atoms with Crippen molar-refractivity contribution in [3.63, 3.8) is 0 Å². The summed E-state index contributed by atoms with van der Waals surface area (Å²) in [5, 5.41) is 3.73. The minimum atomic E-state index is -4.10. The molecule has 12 heteroatoms. The van der Waals surface area contributed by atoms with E-state index >= 15 is 0 Å². The second-order valence-electron chi connectivity index (χ2n) is 8.81. The van der Waals surface area contributed by atoms with Crippen molar-refractivity contribution in [2.24, 2.45) is 0 Å². The fourth-order valence-corrected chi connectivity index (χ4v) is 7.23. The minimum Gasteiger partial charge on any atom is -0.351 e. The van der Waals surface area contributed by atoms with Crippen molar-refractivity contribution >= 4 is 59.9 Å². The van der Waals surface area contributed by atoms with Gasteiger partial charge in [0.1, 0.15) is 10.6 Å². The largest absolute Gasteiger partial charge is 0.351 e. The van der Waals surface area contributed by atoms with Crippen LogP contribution in [0.5, 0.6) is 0 Å². The zero-order valence-corrected chi connectivity index (χ0v) is 23.7. The van der Waals surface area contributed by atoms with E-state index in [1.54, 1.807) is 38.1 Å². The summed E-state index contributed by atoms with van der Waals surface area (Å²) in [6, 6.07) is 15.4. The quantitative estimate of drug-likeness (QED) is 0.235. The summed E-state index contributed by atoms with van der Waals surface area (Å²) in [4.78, 5) is 16.0. The average molecular weight is 595 g/mol. The van der Waals surface area contributed by atoms with Gasteiger partial charge in [-0.25, -0.2) is 21.6 Å². The third-order valence-corrected chi connectivity index (χ3v) is 9.55. The number of benzene rings is 3. The van der Waals surface area contributed by atoms with Crippen LogP contribution in [0.3, 0.4) is 0 Å². The molecule has 0 aliphatic rings. The third kappa shape index (κ3) is 6.05. The molecule has 8 nitrogen and oxygen atoms in total. The maximum atomic E-state index is 13.8. The fraction of sp³-hybridized carbons (Fsp3) is 0.192. The van der Waals surface area contributed by atoms with E-state index in [0.717, 1.165) is 11.1 Å². The van der Waals surface area contributed by atoms with E-state index in [2.05, 4.69) is 15.0 Å². The van der Waals surface area contributed by atoms with Gasteiger partial charge in [0.25, 0.3) is 5.91 Å². The number of sulfone groups is 1. The summed E-state index contributed by atoms with van der Waals surface area (Å²) in [5.74, 6) is -0.638. The Labute approximate surface area is 231 Å². The molecule has 0 unspecified atom stereocenters. The molecule has 0 atom stereocenters. The number of aromatic amines is 1. The lowest BCUT2D eigenvalue weighted by molar-refractivity contribution is 0.0946. The molecule has 0 saturated heterocycles. The van der Waals surface area contributed by atoms with E-state index in [1.165, 1.54) is 30.3 Å². The van der Waals surface area contributed by atoms with Crippen molar-refractivity contribution in [3.05, 3.63) is 87.5 Å². The number of carbonyl (C=O) groups excluding carboxylic acids is 1. The predicted molar refractivity (Wildman–Crippen MR) is 148 cm³/mol. The summed E-state index contributed by atoms with van der Waals surface area (Å²) >= 11 is 12.0. The predicted octanol–water partition coefficient (Wildman–Crippen LogP) is 5.02. The van der Waals surface area contributed by atoms with Gasteiger partial charge in [0.2, 0.25) is 19.9 Å². The molecule has 0 fully saturated rings. The molecule has 0 spiro atoms. The lowest BCUT2D eigenvalue weighted by Crippen LogP contribution is -2.30. The van der Waals surface area contributed by atoms with Crippen LogP contribution in [0.15, 0.2) is 75.4 Å². The van der Waals surface area contributed by atoms with Gasteiger partial charge in [-0.1, -0.05) is 29.3 Å². The number of aryl methyl sites for hydroxylation is 2. The van der Waals surface area contributed by atoms with Crippen molar-refractivity contribution in [1.82, 2.24) is 15.0 Å². The van der Waals surface area contributed by atoms with Gasteiger partial charge in [0.15, 0.2) is 0 Å². The van der Waals surface area contributed by atoms with Crippen LogP contribution in [0, 0.1) is 13.8 Å². The molecular formula is C26H25Cl2N3O5S2. The molecule has 0 radical (unpaired) electrons. The van der Waals surface area contributed by atoms with Gasteiger partial charge >= 0.3 is 0 Å². The number of aromatic nitrogens is 1. The highest BCUT2D eigenvalue weighted by Gasteiger charge is 2.30. The highest BCUT2D eigenvalue weighted by atomic mass is 35.5. The lowest BCUT2D eigenvalue weighted by atomic mass is 10.2. The second kappa shape index (κ2) is 11.1. The number of nitrogens with one attached hydrogen (secondary N) is 3. The number of carbonyl (C=O) groups is 1. The SMILES string of the molecule is Cc1cc(C)cc(S(=O)(=O)c2c(C(=O)NCCCNS(=O)(=O)c3ccc(Cl)cc3)[nH]c3ccc(Cl)cc23)c1. The van der Waals surface area contributed by atoms with Gasteiger partial charge in [-0.15, -0.1) is 0 Å². The van der Waals surface area contributed by atoms with Crippen LogP contribution in [0.2, 0.25) is 10.0 Å². The molecule has 1 amide bonds. The topological polar surface area (TPSA) is 125 Å². The van der Waals surface area contributed by atoms with E-state index < -0.39 is 25.8 Å². The molecule has 0 bridgehead atoms. The van der Waals surface area contributed by atoms with Crippen LogP contribution >= 0.6 is 23.2 Å². The van der Waals surface area contributed by atoms with Crippen molar-refractivity contribution < 1.29 is 21.6 Å². The normalized spacial score (nSPS) is 12.1. The number of fused-ring (bicyclic) bond motifs is 1. The van der Waals surface area contributed by atoms with Crippen LogP contribution in [0.4, 0.5) is 0 Å². The molecule has 1 heterocycles. The summed E-state index contributed by atoms with van der Waals surface area (Å²) in [5.41, 5.74) is 1.86. The Bertz CT molecular complexity index is 1710. The smallest absolute Gasteiger partial charge is 0.269 e. The van der Waals surface area contributed by atoms with Gasteiger partial charge < -0.3 is 10.3 Å². The van der Waals surface area contributed by atoms with E-state index in [0.29, 0.717) is 20.9 Å². The molecular weight excluding hydrogens is 569 g/mol. The van der Waals surface area contributed by atoms with Crippen LogP contribution in [0.25, 0.3) is 10.9 Å². The first kappa shape index (κ1) is 28.1. The highest BCUT2D eigenvalue weighted by Crippen LogP contribution is 2.34. The average Bonchev–Trinajstić information content (AvgIpc) is 3.23. The molecule has 38 heavy (non-hydrogen) atoms. The van der Waals surface area contributed by atoms with Crippen LogP contribution in [-0.4, -0.2) is 40.8 Å². The van der Waals surface area contributed by atoms with E-state index in [1.807, 2.05) is 6.07 Å². The number of hydrogen-bond donors (Lipinski definition) is 3. The fourth-order valence-electron chi connectivity index (χ4n) is 4.07. The molecule has 3 N–H and O–H groups in total. The molecule has 4 aromatic rings. The Morgan fingerprint density at radius 2 is 1.45 bits per heavy atom. The van der Waals surface area contributed by atoms with Gasteiger partial charge in [-0.2, -0.15) is 0 Å². The molecule has 0 aliphatic heterocycles. The van der Waals surface area contributed by atoms with Crippen molar-refractivity contribution in [2.45, 2.75) is 35.0 Å². The number of H-pyrrole nitrogens is 1. The van der Waals surface area contributed by atoms with Crippen LogP contribution in [0.1, 0.15) is 28.0 Å². The summed E-state index contributed by atoms with van der Waals surface area (Å²) in [6.07, 6.45) is 0.268. The van der Waals surface area contributed by atoms with Crippen molar-refractivity contribution in [2.75, 3.05) is 13.1 Å². The molecule has 0 saturated carbocycles. The van der Waals surface area contributed by atoms with Crippen LogP contribution < -0.4 is 10.0 Å². The number of hydrogen-bond acceptors (Lipinski definition) is 5. The first-order valence-corrected chi connectivity index (χ1v) is 15.3. The monoisotopic (exact) mass is 593 g/mol. The summed E-state index contributed by atoms with van der Waals surface area (Å²) in [7, 11) is -7.83. The first-order chi connectivity index (χ1) is 17.9. The molecule has 4 rings (SSSR count). The zero-order chi connectivity index (χ0) is 27.7. The van der Waals surface area contributed by atoms with Gasteiger partial charge in [0, 0.05) is 34.0 Å². The molecule has 0 aliphatic carbocycles. The number of amides is 1. The standard InChI is InChI=1S/C26H25Cl2N3O5S2/c1-16-12-17(2)14-21(13-16)37(33,34)25-22-15-19(28)6-9-23(22)31-24(25)26(32)29-10-3-11-30-38(35,36)20-7-4-18(27)5-8-20/h4-9,12-15,30-31H,3,10-11H2,1-2H3,(H,29,32). The van der Waals surface area contributed by atoms with E-state index in [4.69, 9.17) is 23.2 Å². The molecule has 1 aromatic heterocycles. The Hall–Kier alpha value is -2.89. The minimum absolute atomic E-state index is 0.0568. The van der Waals surface area contributed by atoms with E-state index in [9.17, 15) is 21.6 Å². The lowest BCUT2D eigenvalue weighted by Gasteiger charge is -2.10. The van der Waals surface area contributed by atoms with Gasteiger partial charge in [-0.05, 0) is 86.0 Å². The Kier molecular flexibility index (Phi) is 8.20. The first-order valence-electron chi connectivity index (χ1n) is 11.6. The summed E-state index contributed by atoms with van der Waals surface area (Å²) < 4.78 is 54.8. The van der Waals surface area contributed by atoms with Crippen molar-refractivity contribution in [3.8, 4) is 0 Å². The summed E-state index contributed by atoms with van der Waals surface area (Å²) in [6.45, 7) is 3.75. The molecule has 200 valence electrons.